The van der Waals surface area contributed by atoms with E-state index in [0.29, 0.717) is 6.04 Å². The second kappa shape index (κ2) is 4.32. The van der Waals surface area contributed by atoms with Crippen LogP contribution in [0.3, 0.4) is 0 Å². The van der Waals surface area contributed by atoms with Gasteiger partial charge >= 0.3 is 0 Å². The van der Waals surface area contributed by atoms with E-state index in [-0.39, 0.29) is 0 Å². The minimum Gasteiger partial charge on any atom is -0.496 e. The second-order valence-corrected chi connectivity index (χ2v) is 4.31. The summed E-state index contributed by atoms with van der Waals surface area (Å²) >= 11 is 3.59. The molecule has 14 heavy (non-hydrogen) atoms. The molecule has 1 aliphatic heterocycles. The molecule has 3 heteroatoms. The van der Waals surface area contributed by atoms with E-state index >= 15 is 0 Å². The van der Waals surface area contributed by atoms with Crippen molar-refractivity contribution in [2.75, 3.05) is 13.7 Å². The van der Waals surface area contributed by atoms with Crippen molar-refractivity contribution in [3.8, 4) is 5.75 Å². The first-order valence-corrected chi connectivity index (χ1v) is 5.68. The van der Waals surface area contributed by atoms with Crippen LogP contribution in [0.2, 0.25) is 0 Å². The van der Waals surface area contributed by atoms with E-state index in [4.69, 9.17) is 4.74 Å². The Morgan fingerprint density at radius 3 is 3.00 bits per heavy atom. The molecule has 1 saturated heterocycles. The van der Waals surface area contributed by atoms with Gasteiger partial charge in [0.25, 0.3) is 0 Å². The summed E-state index contributed by atoms with van der Waals surface area (Å²) in [6.07, 6.45) is 2.47. The van der Waals surface area contributed by atoms with E-state index in [1.54, 1.807) is 7.11 Å². The zero-order chi connectivity index (χ0) is 9.97. The van der Waals surface area contributed by atoms with Crippen LogP contribution in [-0.4, -0.2) is 13.7 Å². The monoisotopic (exact) mass is 255 g/mol. The lowest BCUT2D eigenvalue weighted by Crippen LogP contribution is -2.13. The summed E-state index contributed by atoms with van der Waals surface area (Å²) < 4.78 is 6.36. The van der Waals surface area contributed by atoms with Crippen LogP contribution in [0.15, 0.2) is 22.7 Å². The Kier molecular flexibility index (Phi) is 3.08. The van der Waals surface area contributed by atoms with Gasteiger partial charge in [-0.25, -0.2) is 0 Å². The van der Waals surface area contributed by atoms with Crippen LogP contribution in [0, 0.1) is 0 Å². The molecule has 1 atom stereocenters. The number of methoxy groups -OCH3 is 1. The first-order chi connectivity index (χ1) is 6.83. The van der Waals surface area contributed by atoms with Crippen molar-refractivity contribution >= 4 is 15.9 Å². The lowest BCUT2D eigenvalue weighted by atomic mass is 10.1. The Balaban J connectivity index is 2.32. The molecule has 1 N–H and O–H groups in total. The number of ether oxygens (including phenoxy) is 1. The van der Waals surface area contributed by atoms with E-state index in [2.05, 4.69) is 27.3 Å². The van der Waals surface area contributed by atoms with Gasteiger partial charge in [0.2, 0.25) is 0 Å². The molecule has 0 radical (unpaired) electrons. The average molecular weight is 256 g/mol. The molecule has 0 saturated carbocycles. The third-order valence-electron chi connectivity index (χ3n) is 2.65. The maximum atomic E-state index is 5.27. The molecule has 0 spiro atoms. The van der Waals surface area contributed by atoms with Crippen LogP contribution in [-0.2, 0) is 0 Å². The highest BCUT2D eigenvalue weighted by Crippen LogP contribution is 2.35. The molecule has 0 aromatic heterocycles. The van der Waals surface area contributed by atoms with Gasteiger partial charge < -0.3 is 10.1 Å². The predicted octanol–water partition coefficient (Wildman–Crippen LogP) is 2.88. The number of hydrogen-bond acceptors (Lipinski definition) is 2. The highest BCUT2D eigenvalue weighted by molar-refractivity contribution is 9.10. The molecule has 1 fully saturated rings. The summed E-state index contributed by atoms with van der Waals surface area (Å²) in [6.45, 7) is 1.12. The summed E-state index contributed by atoms with van der Waals surface area (Å²) in [5, 5.41) is 3.48. The fraction of sp³-hybridized carbons (Fsp3) is 0.455. The van der Waals surface area contributed by atoms with Crippen molar-refractivity contribution in [2.24, 2.45) is 0 Å². The number of halogens is 1. The zero-order valence-electron chi connectivity index (χ0n) is 8.22. The molecular weight excluding hydrogens is 242 g/mol. The number of nitrogens with one attached hydrogen (secondary N) is 1. The van der Waals surface area contributed by atoms with Crippen LogP contribution in [0.1, 0.15) is 24.4 Å². The van der Waals surface area contributed by atoms with E-state index in [0.717, 1.165) is 16.8 Å². The maximum absolute atomic E-state index is 5.27. The molecule has 0 aliphatic carbocycles. The van der Waals surface area contributed by atoms with Crippen molar-refractivity contribution < 1.29 is 4.74 Å². The minimum absolute atomic E-state index is 0.486. The summed E-state index contributed by atoms with van der Waals surface area (Å²) in [7, 11) is 1.70. The van der Waals surface area contributed by atoms with E-state index in [9.17, 15) is 0 Å². The van der Waals surface area contributed by atoms with Crippen molar-refractivity contribution in [3.05, 3.63) is 28.2 Å². The molecule has 76 valence electrons. The summed E-state index contributed by atoms with van der Waals surface area (Å²) in [6, 6.07) is 6.65. The lowest BCUT2D eigenvalue weighted by Gasteiger charge is -2.14. The normalized spacial score (nSPS) is 21.1. The summed E-state index contributed by atoms with van der Waals surface area (Å²) in [4.78, 5) is 0. The second-order valence-electron chi connectivity index (χ2n) is 3.51. The van der Waals surface area contributed by atoms with Crippen molar-refractivity contribution in [3.63, 3.8) is 0 Å². The molecule has 2 nitrogen and oxygen atoms in total. The molecular formula is C11H14BrNO. The van der Waals surface area contributed by atoms with Gasteiger partial charge in [-0.1, -0.05) is 12.1 Å². The molecule has 0 bridgehead atoms. The van der Waals surface area contributed by atoms with Gasteiger partial charge in [0.1, 0.15) is 5.75 Å². The van der Waals surface area contributed by atoms with Crippen molar-refractivity contribution in [1.29, 1.82) is 0 Å². The van der Waals surface area contributed by atoms with Crippen LogP contribution in [0.5, 0.6) is 5.75 Å². The minimum atomic E-state index is 0.486. The quantitative estimate of drug-likeness (QED) is 0.878. The molecule has 1 heterocycles. The summed E-state index contributed by atoms with van der Waals surface area (Å²) in [5.41, 5.74) is 1.31. The Bertz CT molecular complexity index is 321. The van der Waals surface area contributed by atoms with Gasteiger partial charge in [-0.05, 0) is 46.9 Å². The van der Waals surface area contributed by atoms with Crippen molar-refractivity contribution in [2.45, 2.75) is 18.9 Å². The fourth-order valence-corrected chi connectivity index (χ4v) is 2.61. The fourth-order valence-electron chi connectivity index (χ4n) is 1.90. The molecule has 0 unspecified atom stereocenters. The number of hydrogen-bond donors (Lipinski definition) is 1. The number of benzene rings is 1. The van der Waals surface area contributed by atoms with Gasteiger partial charge in [0, 0.05) is 6.04 Å². The molecule has 2 rings (SSSR count). The predicted molar refractivity (Wildman–Crippen MR) is 60.7 cm³/mol. The van der Waals surface area contributed by atoms with Gasteiger partial charge in [-0.2, -0.15) is 0 Å². The topological polar surface area (TPSA) is 21.3 Å². The third-order valence-corrected chi connectivity index (χ3v) is 3.50. The van der Waals surface area contributed by atoms with Crippen LogP contribution < -0.4 is 10.1 Å². The van der Waals surface area contributed by atoms with Gasteiger partial charge in [0.15, 0.2) is 0 Å². The smallest absolute Gasteiger partial charge is 0.133 e. The maximum Gasteiger partial charge on any atom is 0.133 e. The largest absolute Gasteiger partial charge is 0.496 e. The standard InChI is InChI=1S/C11H14BrNO/c1-14-10-6-2-4-8(11(10)12)9-5-3-7-13-9/h2,4,6,9,13H,3,5,7H2,1H3/t9-/m0/s1. The molecule has 1 aliphatic rings. The van der Waals surface area contributed by atoms with Crippen LogP contribution in [0.25, 0.3) is 0 Å². The average Bonchev–Trinajstić information content (AvgIpc) is 2.71. The third kappa shape index (κ3) is 1.79. The number of rotatable bonds is 2. The molecule has 1 aromatic carbocycles. The highest BCUT2D eigenvalue weighted by Gasteiger charge is 2.19. The van der Waals surface area contributed by atoms with E-state index < -0.39 is 0 Å². The Morgan fingerprint density at radius 1 is 1.50 bits per heavy atom. The van der Waals surface area contributed by atoms with E-state index in [1.165, 1.54) is 18.4 Å². The molecule has 0 amide bonds. The van der Waals surface area contributed by atoms with Gasteiger partial charge in [-0.15, -0.1) is 0 Å². The van der Waals surface area contributed by atoms with Crippen LogP contribution >= 0.6 is 15.9 Å². The van der Waals surface area contributed by atoms with Gasteiger partial charge in [-0.3, -0.25) is 0 Å². The highest BCUT2D eigenvalue weighted by atomic mass is 79.9. The SMILES string of the molecule is COc1cccc([C@@H]2CCCN2)c1Br. The zero-order valence-corrected chi connectivity index (χ0v) is 9.80. The first kappa shape index (κ1) is 9.99. The summed E-state index contributed by atoms with van der Waals surface area (Å²) in [5.74, 6) is 0.913. The van der Waals surface area contributed by atoms with E-state index in [1.807, 2.05) is 12.1 Å². The first-order valence-electron chi connectivity index (χ1n) is 4.88. The van der Waals surface area contributed by atoms with Crippen LogP contribution in [0.4, 0.5) is 0 Å². The molecule has 1 aromatic rings. The Labute approximate surface area is 92.8 Å². The Morgan fingerprint density at radius 2 is 2.36 bits per heavy atom. The lowest BCUT2D eigenvalue weighted by molar-refractivity contribution is 0.410. The Hall–Kier alpha value is -0.540. The van der Waals surface area contributed by atoms with Gasteiger partial charge in [0.05, 0.1) is 11.6 Å². The van der Waals surface area contributed by atoms with Crippen molar-refractivity contribution in [1.82, 2.24) is 5.32 Å².